The van der Waals surface area contributed by atoms with Crippen molar-refractivity contribution < 1.29 is 22.7 Å². The lowest BCUT2D eigenvalue weighted by molar-refractivity contribution is -0.152. The molecule has 26 heavy (non-hydrogen) atoms. The number of carbonyl (C=O) groups is 2. The van der Waals surface area contributed by atoms with E-state index in [9.17, 15) is 18.0 Å². The van der Waals surface area contributed by atoms with Crippen LogP contribution in [0.15, 0.2) is 46.7 Å². The zero-order valence-electron chi connectivity index (χ0n) is 14.6. The summed E-state index contributed by atoms with van der Waals surface area (Å²) in [5.74, 6) is -1.04. The zero-order valence-corrected chi connectivity index (χ0v) is 16.3. The molecule has 0 saturated carbocycles. The van der Waals surface area contributed by atoms with Crippen molar-refractivity contribution in [2.24, 2.45) is 0 Å². The molecule has 0 aliphatic carbocycles. The number of amides is 1. The largest absolute Gasteiger partial charge is 0.452 e. The Bertz CT molecular complexity index is 876. The summed E-state index contributed by atoms with van der Waals surface area (Å²) in [7, 11) is -0.753. The lowest BCUT2D eigenvalue weighted by Gasteiger charge is -2.15. The van der Waals surface area contributed by atoms with E-state index in [-0.39, 0.29) is 11.3 Å². The number of nitrogens with zero attached hydrogens (tertiary/aromatic N) is 1. The molecular formula is C17H20N2O5S2. The predicted molar refractivity (Wildman–Crippen MR) is 99.5 cm³/mol. The molecule has 0 aliphatic rings. The second-order valence-electron chi connectivity index (χ2n) is 5.69. The SMILES string of the molecule is C[C@@H](OC(=O)Cc1cccs1)C(=O)Nc1cccc(S(=O)(=O)N(C)C)c1. The second kappa shape index (κ2) is 8.43. The first-order valence-electron chi connectivity index (χ1n) is 7.75. The minimum absolute atomic E-state index is 0.0580. The van der Waals surface area contributed by atoms with Crippen LogP contribution in [0.2, 0.25) is 0 Å². The van der Waals surface area contributed by atoms with Gasteiger partial charge in [-0.3, -0.25) is 9.59 Å². The van der Waals surface area contributed by atoms with Crippen molar-refractivity contribution in [1.82, 2.24) is 4.31 Å². The van der Waals surface area contributed by atoms with Crippen LogP contribution >= 0.6 is 11.3 Å². The van der Waals surface area contributed by atoms with E-state index in [0.29, 0.717) is 5.69 Å². The average Bonchev–Trinajstić information content (AvgIpc) is 3.07. The lowest BCUT2D eigenvalue weighted by Crippen LogP contribution is -2.30. The van der Waals surface area contributed by atoms with Crippen LogP contribution in [0, 0.1) is 0 Å². The van der Waals surface area contributed by atoms with Crippen molar-refractivity contribution >= 4 is 38.9 Å². The molecule has 0 spiro atoms. The lowest BCUT2D eigenvalue weighted by atomic mass is 10.3. The van der Waals surface area contributed by atoms with Crippen LogP contribution in [0.5, 0.6) is 0 Å². The number of rotatable bonds is 7. The Labute approximate surface area is 156 Å². The quantitative estimate of drug-likeness (QED) is 0.724. The Hall–Kier alpha value is -2.23. The first-order chi connectivity index (χ1) is 12.2. The van der Waals surface area contributed by atoms with Gasteiger partial charge in [-0.1, -0.05) is 12.1 Å². The highest BCUT2D eigenvalue weighted by Gasteiger charge is 2.20. The average molecular weight is 396 g/mol. The van der Waals surface area contributed by atoms with Gasteiger partial charge in [0.05, 0.1) is 11.3 Å². The van der Waals surface area contributed by atoms with Gasteiger partial charge >= 0.3 is 5.97 Å². The molecule has 1 N–H and O–H groups in total. The maximum Gasteiger partial charge on any atom is 0.311 e. The van der Waals surface area contributed by atoms with Crippen molar-refractivity contribution in [1.29, 1.82) is 0 Å². The molecular weight excluding hydrogens is 376 g/mol. The first-order valence-corrected chi connectivity index (χ1v) is 10.1. The van der Waals surface area contributed by atoms with Crippen LogP contribution in [0.1, 0.15) is 11.8 Å². The summed E-state index contributed by atoms with van der Waals surface area (Å²) in [5.41, 5.74) is 0.305. The molecule has 9 heteroatoms. The second-order valence-corrected chi connectivity index (χ2v) is 8.88. The van der Waals surface area contributed by atoms with Crippen LogP contribution in [-0.4, -0.2) is 44.8 Å². The molecule has 2 aromatic rings. The van der Waals surface area contributed by atoms with Crippen LogP contribution < -0.4 is 5.32 Å². The van der Waals surface area contributed by atoms with Crippen LogP contribution in [0.3, 0.4) is 0 Å². The standard InChI is InChI=1S/C17H20N2O5S2/c1-12(24-16(20)11-14-7-5-9-25-14)17(21)18-13-6-4-8-15(10-13)26(22,23)19(2)3/h4-10,12H,11H2,1-3H3,(H,18,21)/t12-/m1/s1. The monoisotopic (exact) mass is 396 g/mol. The molecule has 1 amide bonds. The first kappa shape index (κ1) is 20.1. The molecule has 140 valence electrons. The Morgan fingerprint density at radius 2 is 1.96 bits per heavy atom. The maximum absolute atomic E-state index is 12.2. The fraction of sp³-hybridized carbons (Fsp3) is 0.294. The molecule has 0 bridgehead atoms. The van der Waals surface area contributed by atoms with E-state index in [4.69, 9.17) is 4.74 Å². The third kappa shape index (κ3) is 5.13. The van der Waals surface area contributed by atoms with Gasteiger partial charge in [0.1, 0.15) is 0 Å². The summed E-state index contributed by atoms with van der Waals surface area (Å²) in [6.45, 7) is 1.46. The van der Waals surface area contributed by atoms with Gasteiger partial charge in [0.2, 0.25) is 10.0 Å². The molecule has 0 unspecified atom stereocenters. The van der Waals surface area contributed by atoms with E-state index >= 15 is 0 Å². The minimum atomic E-state index is -3.61. The smallest absolute Gasteiger partial charge is 0.311 e. The molecule has 0 aliphatic heterocycles. The van der Waals surface area contributed by atoms with Gasteiger partial charge in [-0.2, -0.15) is 0 Å². The Balaban J connectivity index is 1.99. The fourth-order valence-electron chi connectivity index (χ4n) is 2.04. The number of benzene rings is 1. The van der Waals surface area contributed by atoms with Crippen LogP contribution in [0.4, 0.5) is 5.69 Å². The normalized spacial score (nSPS) is 12.6. The number of hydrogen-bond donors (Lipinski definition) is 1. The summed E-state index contributed by atoms with van der Waals surface area (Å²) in [5, 5.41) is 4.42. The van der Waals surface area contributed by atoms with E-state index in [1.165, 1.54) is 50.6 Å². The molecule has 1 atom stereocenters. The number of esters is 1. The highest BCUT2D eigenvalue weighted by atomic mass is 32.2. The zero-order chi connectivity index (χ0) is 19.3. The molecule has 1 aromatic heterocycles. The van der Waals surface area contributed by atoms with Crippen molar-refractivity contribution in [3.8, 4) is 0 Å². The molecule has 0 fully saturated rings. The number of sulfonamides is 1. The number of hydrogen-bond acceptors (Lipinski definition) is 6. The summed E-state index contributed by atoms with van der Waals surface area (Å²) in [6.07, 6.45) is -0.900. The summed E-state index contributed by atoms with van der Waals surface area (Å²) >= 11 is 1.43. The Morgan fingerprint density at radius 3 is 2.58 bits per heavy atom. The summed E-state index contributed by atoms with van der Waals surface area (Å²) in [6, 6.07) is 9.53. The van der Waals surface area contributed by atoms with E-state index < -0.39 is 28.0 Å². The van der Waals surface area contributed by atoms with Gasteiger partial charge in [-0.15, -0.1) is 11.3 Å². The molecule has 7 nitrogen and oxygen atoms in total. The maximum atomic E-state index is 12.2. The third-order valence-electron chi connectivity index (χ3n) is 3.46. The van der Waals surface area contributed by atoms with Gasteiger partial charge < -0.3 is 10.1 Å². The van der Waals surface area contributed by atoms with Gasteiger partial charge in [0.25, 0.3) is 5.91 Å². The minimum Gasteiger partial charge on any atom is -0.452 e. The van der Waals surface area contributed by atoms with E-state index in [0.717, 1.165) is 9.18 Å². The number of thiophene rings is 1. The van der Waals surface area contributed by atoms with Crippen molar-refractivity contribution in [3.63, 3.8) is 0 Å². The highest BCUT2D eigenvalue weighted by molar-refractivity contribution is 7.89. The number of anilines is 1. The third-order valence-corrected chi connectivity index (χ3v) is 6.14. The van der Waals surface area contributed by atoms with Gasteiger partial charge in [-0.05, 0) is 36.6 Å². The van der Waals surface area contributed by atoms with Crippen LogP contribution in [-0.2, 0) is 30.8 Å². The topological polar surface area (TPSA) is 92.8 Å². The fourth-order valence-corrected chi connectivity index (χ4v) is 3.68. The van der Waals surface area contributed by atoms with Gasteiger partial charge in [-0.25, -0.2) is 12.7 Å². The Kier molecular flexibility index (Phi) is 6.52. The highest BCUT2D eigenvalue weighted by Crippen LogP contribution is 2.18. The molecule has 2 rings (SSSR count). The van der Waals surface area contributed by atoms with Crippen molar-refractivity contribution in [2.75, 3.05) is 19.4 Å². The predicted octanol–water partition coefficient (Wildman–Crippen LogP) is 2.11. The van der Waals surface area contributed by atoms with Crippen LogP contribution in [0.25, 0.3) is 0 Å². The molecule has 0 saturated heterocycles. The van der Waals surface area contributed by atoms with Crippen molar-refractivity contribution in [3.05, 3.63) is 46.7 Å². The van der Waals surface area contributed by atoms with Gasteiger partial charge in [0, 0.05) is 24.7 Å². The van der Waals surface area contributed by atoms with Gasteiger partial charge in [0.15, 0.2) is 6.10 Å². The van der Waals surface area contributed by atoms with E-state index in [1.807, 2.05) is 17.5 Å². The summed E-state index contributed by atoms with van der Waals surface area (Å²) < 4.78 is 30.5. The van der Waals surface area contributed by atoms with Crippen molar-refractivity contribution in [2.45, 2.75) is 24.3 Å². The number of ether oxygens (including phenoxy) is 1. The number of carbonyl (C=O) groups excluding carboxylic acids is 2. The number of nitrogens with one attached hydrogen (secondary N) is 1. The molecule has 1 aromatic carbocycles. The molecule has 0 radical (unpaired) electrons. The summed E-state index contributed by atoms with van der Waals surface area (Å²) in [4.78, 5) is 25.0. The molecule has 1 heterocycles. The van der Waals surface area contributed by atoms with E-state index in [2.05, 4.69) is 5.32 Å². The van der Waals surface area contributed by atoms with E-state index in [1.54, 1.807) is 6.07 Å². The Morgan fingerprint density at radius 1 is 1.23 bits per heavy atom.